The average Bonchev–Trinajstić information content (AvgIpc) is 3.21. The van der Waals surface area contributed by atoms with Crippen LogP contribution in [0.15, 0.2) is 65.6 Å². The first-order valence-corrected chi connectivity index (χ1v) is 13.8. The van der Waals surface area contributed by atoms with Crippen LogP contribution in [0.3, 0.4) is 0 Å². The number of rotatable bonds is 11. The maximum atomic E-state index is 13.0. The Morgan fingerprint density at radius 1 is 0.977 bits per heavy atom. The molecule has 0 radical (unpaired) electrons. The molecule has 0 atom stereocenters. The largest absolute Gasteiger partial charge is 0.490 e. The van der Waals surface area contributed by atoms with E-state index in [1.807, 2.05) is 12.1 Å². The van der Waals surface area contributed by atoms with E-state index in [0.29, 0.717) is 28.9 Å². The van der Waals surface area contributed by atoms with Gasteiger partial charge >= 0.3 is 5.69 Å². The van der Waals surface area contributed by atoms with Gasteiger partial charge in [-0.15, -0.1) is 0 Å². The molecule has 3 aromatic rings. The first-order valence-electron chi connectivity index (χ1n) is 13.0. The smallest absolute Gasteiger partial charge is 0.318 e. The lowest BCUT2D eigenvalue weighted by Gasteiger charge is -2.13. The number of nitrogens with one attached hydrogen (secondary N) is 1. The number of carbonyl (C=O) groups is 3. The fourth-order valence-electron chi connectivity index (χ4n) is 4.02. The monoisotopic (exact) mass is 606 g/mol. The fraction of sp³-hybridized carbons (Fsp3) is 0.207. The maximum Gasteiger partial charge on any atom is 0.318 e. The number of hydrogen-bond donors (Lipinski definition) is 1. The van der Waals surface area contributed by atoms with Crippen molar-refractivity contribution in [2.24, 2.45) is 0 Å². The minimum absolute atomic E-state index is 0.0845. The molecular formula is C29H26N4O9S. The number of thioether (sulfide) groups is 1. The van der Waals surface area contributed by atoms with Gasteiger partial charge in [0.1, 0.15) is 6.54 Å². The highest BCUT2D eigenvalue weighted by molar-refractivity contribution is 8.18. The minimum Gasteiger partial charge on any atom is -0.490 e. The molecule has 0 unspecified atom stereocenters. The molecule has 1 aliphatic heterocycles. The van der Waals surface area contributed by atoms with E-state index in [1.165, 1.54) is 24.3 Å². The number of hydrogen-bond acceptors (Lipinski definition) is 10. The van der Waals surface area contributed by atoms with E-state index >= 15 is 0 Å². The molecule has 1 fully saturated rings. The van der Waals surface area contributed by atoms with E-state index in [0.717, 1.165) is 28.7 Å². The number of carbonyl (C=O) groups excluding carboxylic acids is 3. The van der Waals surface area contributed by atoms with Crippen LogP contribution in [-0.4, -0.2) is 45.0 Å². The van der Waals surface area contributed by atoms with Crippen molar-refractivity contribution in [2.75, 3.05) is 18.5 Å². The molecule has 222 valence electrons. The second kappa shape index (κ2) is 13.2. The van der Waals surface area contributed by atoms with Gasteiger partial charge in [0, 0.05) is 11.8 Å². The Hall–Kier alpha value is -5.24. The summed E-state index contributed by atoms with van der Waals surface area (Å²) in [7, 11) is 0. The summed E-state index contributed by atoms with van der Waals surface area (Å²) in [6, 6.07) is 14.8. The minimum atomic E-state index is -0.796. The maximum absolute atomic E-state index is 13.0. The molecular weight excluding hydrogens is 580 g/mol. The number of anilines is 1. The van der Waals surface area contributed by atoms with Crippen molar-refractivity contribution in [3.05, 3.63) is 96.9 Å². The Kier molecular flexibility index (Phi) is 9.40. The number of ether oxygens (including phenoxy) is 2. The Balaban J connectivity index is 1.50. The van der Waals surface area contributed by atoms with Crippen molar-refractivity contribution in [3.8, 4) is 17.2 Å². The lowest BCUT2D eigenvalue weighted by atomic mass is 10.0. The summed E-state index contributed by atoms with van der Waals surface area (Å²) in [5.41, 5.74) is 1.03. The molecule has 3 aromatic carbocycles. The SMILES string of the molecule is CCOc1cc(/C=C2/SC(=O)N(CC(=O)Nc3ccc(C(C)C)cc3)C2=O)ccc1Oc1ccc([N+](=O)[O-])cc1[N+](=O)[O-]. The van der Waals surface area contributed by atoms with Gasteiger partial charge in [0.2, 0.25) is 11.7 Å². The van der Waals surface area contributed by atoms with Crippen molar-refractivity contribution in [2.45, 2.75) is 26.7 Å². The number of benzene rings is 3. The highest BCUT2D eigenvalue weighted by Gasteiger charge is 2.36. The molecule has 3 amide bonds. The van der Waals surface area contributed by atoms with E-state index in [4.69, 9.17) is 9.47 Å². The summed E-state index contributed by atoms with van der Waals surface area (Å²) in [4.78, 5) is 60.1. The van der Waals surface area contributed by atoms with E-state index < -0.39 is 44.8 Å². The molecule has 1 aliphatic rings. The molecule has 0 spiro atoms. The Labute approximate surface area is 249 Å². The second-order valence-corrected chi connectivity index (χ2v) is 10.5. The van der Waals surface area contributed by atoms with Crippen LogP contribution in [0, 0.1) is 20.2 Å². The van der Waals surface area contributed by atoms with Gasteiger partial charge in [0.05, 0.1) is 27.4 Å². The Bertz CT molecular complexity index is 1640. The molecule has 4 rings (SSSR count). The Morgan fingerprint density at radius 3 is 2.30 bits per heavy atom. The third-order valence-corrected chi connectivity index (χ3v) is 7.08. The van der Waals surface area contributed by atoms with Crippen LogP contribution in [0.5, 0.6) is 17.2 Å². The summed E-state index contributed by atoms with van der Waals surface area (Å²) in [5.74, 6) is -0.814. The molecule has 43 heavy (non-hydrogen) atoms. The number of imide groups is 1. The summed E-state index contributed by atoms with van der Waals surface area (Å²) < 4.78 is 11.3. The summed E-state index contributed by atoms with van der Waals surface area (Å²) in [6.45, 7) is 5.56. The van der Waals surface area contributed by atoms with Gasteiger partial charge in [-0.3, -0.25) is 39.5 Å². The van der Waals surface area contributed by atoms with E-state index in [9.17, 15) is 34.6 Å². The van der Waals surface area contributed by atoms with Gasteiger partial charge in [-0.1, -0.05) is 32.0 Å². The van der Waals surface area contributed by atoms with Gasteiger partial charge in [0.25, 0.3) is 16.8 Å². The summed E-state index contributed by atoms with van der Waals surface area (Å²) in [5, 5.41) is 24.6. The second-order valence-electron chi connectivity index (χ2n) is 9.50. The molecule has 1 heterocycles. The van der Waals surface area contributed by atoms with Crippen LogP contribution in [0.1, 0.15) is 37.8 Å². The van der Waals surface area contributed by atoms with Crippen molar-refractivity contribution in [3.63, 3.8) is 0 Å². The van der Waals surface area contributed by atoms with Crippen molar-refractivity contribution < 1.29 is 33.7 Å². The van der Waals surface area contributed by atoms with Crippen LogP contribution in [-0.2, 0) is 9.59 Å². The van der Waals surface area contributed by atoms with Crippen molar-refractivity contribution in [1.29, 1.82) is 0 Å². The molecule has 1 N–H and O–H groups in total. The summed E-state index contributed by atoms with van der Waals surface area (Å²) in [6.07, 6.45) is 1.45. The average molecular weight is 607 g/mol. The van der Waals surface area contributed by atoms with Crippen LogP contribution in [0.4, 0.5) is 21.9 Å². The zero-order valence-electron chi connectivity index (χ0n) is 23.3. The first-order chi connectivity index (χ1) is 20.5. The lowest BCUT2D eigenvalue weighted by molar-refractivity contribution is -0.394. The van der Waals surface area contributed by atoms with Gasteiger partial charge in [-0.05, 0) is 72.1 Å². The van der Waals surface area contributed by atoms with Gasteiger partial charge in [-0.2, -0.15) is 0 Å². The van der Waals surface area contributed by atoms with Crippen molar-refractivity contribution in [1.82, 2.24) is 4.90 Å². The standard InChI is InChI=1S/C29H26N4O9S/c1-4-41-25-13-18(5-11-24(25)42-23-12-10-21(32(37)38)15-22(23)33(39)40)14-26-28(35)31(29(36)43-26)16-27(34)30-20-8-6-19(7-9-20)17(2)3/h5-15,17H,4,16H2,1-3H3,(H,30,34)/b26-14+. The third-order valence-electron chi connectivity index (χ3n) is 6.17. The molecule has 1 saturated heterocycles. The molecule has 0 aromatic heterocycles. The number of nitro groups is 2. The predicted molar refractivity (Wildman–Crippen MR) is 159 cm³/mol. The lowest BCUT2D eigenvalue weighted by Crippen LogP contribution is -2.36. The predicted octanol–water partition coefficient (Wildman–Crippen LogP) is 6.49. The number of nitro benzene ring substituents is 2. The number of non-ortho nitro benzene ring substituents is 1. The number of amides is 3. The van der Waals surface area contributed by atoms with Crippen LogP contribution < -0.4 is 14.8 Å². The third kappa shape index (κ3) is 7.35. The van der Waals surface area contributed by atoms with Gasteiger partial charge < -0.3 is 14.8 Å². The first kappa shape index (κ1) is 30.7. The normalized spacial score (nSPS) is 13.9. The van der Waals surface area contributed by atoms with Crippen molar-refractivity contribution >= 4 is 52.0 Å². The molecule has 0 bridgehead atoms. The van der Waals surface area contributed by atoms with Crippen LogP contribution >= 0.6 is 11.8 Å². The highest BCUT2D eigenvalue weighted by atomic mass is 32.2. The highest BCUT2D eigenvalue weighted by Crippen LogP contribution is 2.39. The van der Waals surface area contributed by atoms with E-state index in [-0.39, 0.29) is 28.8 Å². The molecule has 0 aliphatic carbocycles. The Morgan fingerprint density at radius 2 is 1.67 bits per heavy atom. The van der Waals surface area contributed by atoms with Gasteiger partial charge in [-0.25, -0.2) is 0 Å². The number of nitrogens with zero attached hydrogens (tertiary/aromatic N) is 3. The summed E-state index contributed by atoms with van der Waals surface area (Å²) >= 11 is 0.681. The van der Waals surface area contributed by atoms with E-state index in [1.54, 1.807) is 19.1 Å². The fourth-order valence-corrected chi connectivity index (χ4v) is 4.86. The molecule has 0 saturated carbocycles. The van der Waals surface area contributed by atoms with E-state index in [2.05, 4.69) is 19.2 Å². The zero-order valence-corrected chi connectivity index (χ0v) is 24.1. The molecule has 13 nitrogen and oxygen atoms in total. The zero-order chi connectivity index (χ0) is 31.3. The quantitative estimate of drug-likeness (QED) is 0.144. The topological polar surface area (TPSA) is 171 Å². The molecule has 14 heteroatoms. The van der Waals surface area contributed by atoms with Crippen LogP contribution in [0.25, 0.3) is 6.08 Å². The van der Waals surface area contributed by atoms with Crippen LogP contribution in [0.2, 0.25) is 0 Å². The van der Waals surface area contributed by atoms with Gasteiger partial charge in [0.15, 0.2) is 11.5 Å².